The Morgan fingerprint density at radius 1 is 1.33 bits per heavy atom. The average molecular weight is 385 g/mol. The van der Waals surface area contributed by atoms with Crippen molar-refractivity contribution in [1.29, 1.82) is 0 Å². The molecule has 1 aromatic rings. The van der Waals surface area contributed by atoms with Crippen molar-refractivity contribution in [2.75, 3.05) is 27.7 Å². The molecule has 15 heavy (non-hydrogen) atoms. The maximum atomic E-state index is 9.60. The van der Waals surface area contributed by atoms with E-state index < -0.39 is 0 Å². The Bertz CT molecular complexity index is 337. The highest BCUT2D eigenvalue weighted by molar-refractivity contribution is 14.1. The number of phenolic OH excluding ortho intramolecular Hbond substituents is 1. The summed E-state index contributed by atoms with van der Waals surface area (Å²) in [4.78, 5) is 0. The SMILES string of the molecule is C[N+](C)(C)CCc1cc(Br)c(O)c(I)c1. The van der Waals surface area contributed by atoms with Gasteiger partial charge in [-0.3, -0.25) is 0 Å². The van der Waals surface area contributed by atoms with Crippen LogP contribution in [0, 0.1) is 3.57 Å². The lowest BCUT2D eigenvalue weighted by atomic mass is 10.1. The van der Waals surface area contributed by atoms with Gasteiger partial charge in [0.2, 0.25) is 0 Å². The normalized spacial score (nSPS) is 11.8. The molecule has 2 nitrogen and oxygen atoms in total. The first kappa shape index (κ1) is 13.3. The topological polar surface area (TPSA) is 20.2 Å². The van der Waals surface area contributed by atoms with E-state index in [0.717, 1.165) is 25.5 Å². The minimum Gasteiger partial charge on any atom is -0.506 e. The summed E-state index contributed by atoms with van der Waals surface area (Å²) in [6, 6.07) is 4.03. The van der Waals surface area contributed by atoms with Crippen LogP contribution in [0.4, 0.5) is 0 Å². The zero-order valence-corrected chi connectivity index (χ0v) is 13.0. The van der Waals surface area contributed by atoms with Crippen molar-refractivity contribution < 1.29 is 9.59 Å². The number of benzene rings is 1. The third kappa shape index (κ3) is 4.28. The molecule has 0 radical (unpaired) electrons. The molecule has 0 aliphatic carbocycles. The molecule has 0 saturated heterocycles. The van der Waals surface area contributed by atoms with Crippen LogP contribution in [-0.2, 0) is 6.42 Å². The highest BCUT2D eigenvalue weighted by atomic mass is 127. The van der Waals surface area contributed by atoms with Crippen LogP contribution in [0.1, 0.15) is 5.56 Å². The van der Waals surface area contributed by atoms with Gasteiger partial charge in [0, 0.05) is 6.42 Å². The summed E-state index contributed by atoms with van der Waals surface area (Å²) < 4.78 is 2.64. The van der Waals surface area contributed by atoms with E-state index in [1.165, 1.54) is 5.56 Å². The zero-order valence-electron chi connectivity index (χ0n) is 9.22. The number of quaternary nitrogens is 1. The van der Waals surface area contributed by atoms with Gasteiger partial charge in [0.25, 0.3) is 0 Å². The highest BCUT2D eigenvalue weighted by Gasteiger charge is 2.10. The van der Waals surface area contributed by atoms with Crippen LogP contribution in [0.25, 0.3) is 0 Å². The molecule has 0 fully saturated rings. The van der Waals surface area contributed by atoms with E-state index in [1.54, 1.807) is 0 Å². The van der Waals surface area contributed by atoms with Crippen molar-refractivity contribution in [1.82, 2.24) is 0 Å². The van der Waals surface area contributed by atoms with Gasteiger partial charge in [-0.05, 0) is 56.2 Å². The minimum atomic E-state index is 0.338. The Morgan fingerprint density at radius 2 is 1.93 bits per heavy atom. The Hall–Kier alpha value is 0.190. The molecule has 1 aromatic carbocycles. The van der Waals surface area contributed by atoms with Crippen LogP contribution in [0.5, 0.6) is 5.75 Å². The fourth-order valence-electron chi connectivity index (χ4n) is 1.23. The summed E-state index contributed by atoms with van der Waals surface area (Å²) in [5.41, 5.74) is 1.26. The summed E-state index contributed by atoms with van der Waals surface area (Å²) in [6.07, 6.45) is 1.03. The van der Waals surface area contributed by atoms with Crippen molar-refractivity contribution in [3.63, 3.8) is 0 Å². The second-order valence-corrected chi connectivity index (χ2v) is 6.69. The standard InChI is InChI=1S/C11H15BrINO/c1-14(2,3)5-4-8-6-9(12)11(15)10(13)7-8/h6-7H,4-5H2,1-3H3/p+1. The first-order chi connectivity index (χ1) is 6.79. The second-order valence-electron chi connectivity index (χ2n) is 4.67. The average Bonchev–Trinajstić information content (AvgIpc) is 2.09. The van der Waals surface area contributed by atoms with Gasteiger partial charge in [0.1, 0.15) is 5.75 Å². The third-order valence-electron chi connectivity index (χ3n) is 2.15. The Labute approximate surface area is 113 Å². The van der Waals surface area contributed by atoms with Gasteiger partial charge in [-0.25, -0.2) is 0 Å². The molecule has 0 spiro atoms. The van der Waals surface area contributed by atoms with Gasteiger partial charge in [0.15, 0.2) is 0 Å². The largest absolute Gasteiger partial charge is 0.506 e. The van der Waals surface area contributed by atoms with Crippen LogP contribution in [0.15, 0.2) is 16.6 Å². The number of hydrogen-bond acceptors (Lipinski definition) is 1. The van der Waals surface area contributed by atoms with Crippen LogP contribution in [-0.4, -0.2) is 37.3 Å². The lowest BCUT2D eigenvalue weighted by molar-refractivity contribution is -0.870. The van der Waals surface area contributed by atoms with Crippen LogP contribution in [0.3, 0.4) is 0 Å². The molecule has 4 heteroatoms. The number of hydrogen-bond donors (Lipinski definition) is 1. The first-order valence-corrected chi connectivity index (χ1v) is 6.64. The number of rotatable bonds is 3. The number of aromatic hydroxyl groups is 1. The third-order valence-corrected chi connectivity index (χ3v) is 3.57. The van der Waals surface area contributed by atoms with Gasteiger partial charge >= 0.3 is 0 Å². The quantitative estimate of drug-likeness (QED) is 0.627. The summed E-state index contributed by atoms with van der Waals surface area (Å²) >= 11 is 5.51. The van der Waals surface area contributed by atoms with Gasteiger partial charge < -0.3 is 9.59 Å². The molecule has 0 unspecified atom stereocenters. The molecule has 0 heterocycles. The predicted molar refractivity (Wildman–Crippen MR) is 75.1 cm³/mol. The van der Waals surface area contributed by atoms with Gasteiger partial charge in [0.05, 0.1) is 35.7 Å². The Kier molecular flexibility index (Phi) is 4.43. The van der Waals surface area contributed by atoms with Crippen molar-refractivity contribution in [3.05, 3.63) is 25.7 Å². The molecular weight excluding hydrogens is 369 g/mol. The van der Waals surface area contributed by atoms with Crippen molar-refractivity contribution in [3.8, 4) is 5.75 Å². The van der Waals surface area contributed by atoms with E-state index in [9.17, 15) is 5.11 Å². The van der Waals surface area contributed by atoms with Crippen LogP contribution < -0.4 is 0 Å². The zero-order chi connectivity index (χ0) is 11.6. The van der Waals surface area contributed by atoms with E-state index in [4.69, 9.17) is 0 Å². The Morgan fingerprint density at radius 3 is 2.40 bits per heavy atom. The molecule has 84 valence electrons. The van der Waals surface area contributed by atoms with Crippen molar-refractivity contribution >= 4 is 38.5 Å². The van der Waals surface area contributed by atoms with Crippen LogP contribution >= 0.6 is 38.5 Å². The summed E-state index contributed by atoms with van der Waals surface area (Å²) in [5, 5.41) is 9.60. The predicted octanol–water partition coefficient (Wildman–Crippen LogP) is 3.01. The van der Waals surface area contributed by atoms with Crippen molar-refractivity contribution in [2.45, 2.75) is 6.42 Å². The fraction of sp³-hybridized carbons (Fsp3) is 0.455. The van der Waals surface area contributed by atoms with Crippen molar-refractivity contribution in [2.24, 2.45) is 0 Å². The van der Waals surface area contributed by atoms with E-state index in [0.29, 0.717) is 5.75 Å². The van der Waals surface area contributed by atoms with E-state index in [2.05, 4.69) is 59.7 Å². The molecule has 0 saturated carbocycles. The molecule has 0 bridgehead atoms. The first-order valence-electron chi connectivity index (χ1n) is 4.77. The monoisotopic (exact) mass is 384 g/mol. The van der Waals surface area contributed by atoms with E-state index in [1.807, 2.05) is 12.1 Å². The number of halogens is 2. The number of phenols is 1. The smallest absolute Gasteiger partial charge is 0.143 e. The number of nitrogens with zero attached hydrogens (tertiary/aromatic N) is 1. The lowest BCUT2D eigenvalue weighted by Gasteiger charge is -2.23. The Balaban J connectivity index is 2.80. The molecule has 1 rings (SSSR count). The molecule has 1 N–H and O–H groups in total. The molecule has 0 aliphatic rings. The second kappa shape index (κ2) is 5.01. The summed E-state index contributed by atoms with van der Waals surface area (Å²) in [5.74, 6) is 0.338. The van der Waals surface area contributed by atoms with Gasteiger partial charge in [-0.2, -0.15) is 0 Å². The molecule has 0 amide bonds. The van der Waals surface area contributed by atoms with Gasteiger partial charge in [-0.1, -0.05) is 0 Å². The molecule has 0 atom stereocenters. The van der Waals surface area contributed by atoms with Crippen LogP contribution in [0.2, 0.25) is 0 Å². The lowest BCUT2D eigenvalue weighted by Crippen LogP contribution is -2.36. The van der Waals surface area contributed by atoms with Gasteiger partial charge in [-0.15, -0.1) is 0 Å². The maximum absolute atomic E-state index is 9.60. The molecular formula is C11H16BrINO+. The fourth-order valence-corrected chi connectivity index (χ4v) is 2.80. The summed E-state index contributed by atoms with van der Waals surface area (Å²) in [6.45, 7) is 1.09. The minimum absolute atomic E-state index is 0.338. The molecule has 0 aliphatic heterocycles. The van der Waals surface area contributed by atoms with E-state index in [-0.39, 0.29) is 0 Å². The summed E-state index contributed by atoms with van der Waals surface area (Å²) in [7, 11) is 6.54. The molecule has 0 aromatic heterocycles. The highest BCUT2D eigenvalue weighted by Crippen LogP contribution is 2.30. The van der Waals surface area contributed by atoms with E-state index >= 15 is 0 Å². The number of likely N-dealkylation sites (N-methyl/N-ethyl adjacent to an activating group) is 1. The maximum Gasteiger partial charge on any atom is 0.143 e.